The van der Waals surface area contributed by atoms with Gasteiger partial charge >= 0.3 is 0 Å². The summed E-state index contributed by atoms with van der Waals surface area (Å²) in [7, 11) is 0. The number of aliphatic imine (C=N–C) groups is 1. The van der Waals surface area contributed by atoms with Crippen molar-refractivity contribution in [1.29, 1.82) is 0 Å². The molecule has 0 saturated carbocycles. The Morgan fingerprint density at radius 1 is 1.25 bits per heavy atom. The molecular formula is C20H23FN6S. The van der Waals surface area contributed by atoms with E-state index in [1.165, 1.54) is 23.9 Å². The van der Waals surface area contributed by atoms with Gasteiger partial charge in [-0.3, -0.25) is 4.98 Å². The number of hydrogen-bond donors (Lipinski definition) is 2. The van der Waals surface area contributed by atoms with E-state index < -0.39 is 0 Å². The maximum atomic E-state index is 13.7. The van der Waals surface area contributed by atoms with Crippen molar-refractivity contribution < 1.29 is 4.39 Å². The highest BCUT2D eigenvalue weighted by atomic mass is 32.2. The van der Waals surface area contributed by atoms with Crippen LogP contribution in [0.25, 0.3) is 0 Å². The minimum Gasteiger partial charge on any atom is -0.370 e. The van der Waals surface area contributed by atoms with Gasteiger partial charge in [-0.2, -0.15) is 0 Å². The van der Waals surface area contributed by atoms with Crippen molar-refractivity contribution in [3.63, 3.8) is 0 Å². The van der Waals surface area contributed by atoms with Crippen molar-refractivity contribution in [2.45, 2.75) is 42.8 Å². The molecule has 0 aliphatic heterocycles. The van der Waals surface area contributed by atoms with Crippen molar-refractivity contribution in [3.8, 4) is 0 Å². The van der Waals surface area contributed by atoms with Gasteiger partial charge in [-0.15, -0.1) is 0 Å². The van der Waals surface area contributed by atoms with Gasteiger partial charge in [0.2, 0.25) is 0 Å². The number of nitrogens with two attached hydrogens (primary N) is 2. The maximum absolute atomic E-state index is 13.7. The zero-order valence-electron chi connectivity index (χ0n) is 15.8. The van der Waals surface area contributed by atoms with E-state index in [0.29, 0.717) is 6.54 Å². The SMILES string of the molecule is CC(C)c1nc(CN=C(N)N)n(Cc2cccnc2)c1Sc1cccc(F)c1. The fourth-order valence-corrected chi connectivity index (χ4v) is 3.96. The van der Waals surface area contributed by atoms with Crippen LogP contribution in [0.4, 0.5) is 4.39 Å². The van der Waals surface area contributed by atoms with Gasteiger partial charge in [0, 0.05) is 17.3 Å². The van der Waals surface area contributed by atoms with Crippen LogP contribution in [0.1, 0.15) is 36.8 Å². The van der Waals surface area contributed by atoms with Gasteiger partial charge in [0.15, 0.2) is 5.96 Å². The van der Waals surface area contributed by atoms with Crippen LogP contribution < -0.4 is 11.5 Å². The molecule has 2 aromatic heterocycles. The number of guanidine groups is 1. The van der Waals surface area contributed by atoms with Gasteiger partial charge in [0.25, 0.3) is 0 Å². The summed E-state index contributed by atoms with van der Waals surface area (Å²) >= 11 is 1.49. The quantitative estimate of drug-likeness (QED) is 0.469. The zero-order chi connectivity index (χ0) is 20.1. The molecule has 0 bridgehead atoms. The van der Waals surface area contributed by atoms with Gasteiger partial charge in [-0.05, 0) is 35.7 Å². The highest BCUT2D eigenvalue weighted by Crippen LogP contribution is 2.35. The van der Waals surface area contributed by atoms with E-state index in [0.717, 1.165) is 27.0 Å². The van der Waals surface area contributed by atoms with E-state index in [2.05, 4.69) is 28.4 Å². The standard InChI is InChI=1S/C20H23FN6S/c1-13(2)18-19(28-16-7-3-6-15(21)9-16)27(12-14-5-4-8-24-10-14)17(26-18)11-25-20(22)23/h3-10,13H,11-12H2,1-2H3,(H4,22,23,25). The van der Waals surface area contributed by atoms with E-state index in [1.807, 2.05) is 24.4 Å². The monoisotopic (exact) mass is 398 g/mol. The highest BCUT2D eigenvalue weighted by Gasteiger charge is 2.21. The predicted molar refractivity (Wildman–Crippen MR) is 110 cm³/mol. The first kappa shape index (κ1) is 19.9. The lowest BCUT2D eigenvalue weighted by molar-refractivity contribution is 0.624. The molecule has 2 heterocycles. The Bertz CT molecular complexity index is 964. The Hall–Kier alpha value is -2.87. The normalized spacial score (nSPS) is 11.0. The summed E-state index contributed by atoms with van der Waals surface area (Å²) < 4.78 is 15.8. The summed E-state index contributed by atoms with van der Waals surface area (Å²) in [4.78, 5) is 13.9. The molecule has 0 aliphatic rings. The molecule has 146 valence electrons. The fourth-order valence-electron chi connectivity index (χ4n) is 2.75. The van der Waals surface area contributed by atoms with Crippen LogP contribution in [0.3, 0.4) is 0 Å². The molecule has 0 saturated heterocycles. The second-order valence-corrected chi connectivity index (χ2v) is 7.68. The summed E-state index contributed by atoms with van der Waals surface area (Å²) in [5.74, 6) is 0.681. The average Bonchev–Trinajstić information content (AvgIpc) is 2.98. The Kier molecular flexibility index (Phi) is 6.30. The highest BCUT2D eigenvalue weighted by molar-refractivity contribution is 7.99. The molecule has 8 heteroatoms. The molecule has 0 atom stereocenters. The number of hydrogen-bond acceptors (Lipinski definition) is 4. The fraction of sp³-hybridized carbons (Fsp3) is 0.250. The van der Waals surface area contributed by atoms with Crippen LogP contribution in [0.15, 0.2) is 63.7 Å². The summed E-state index contributed by atoms with van der Waals surface area (Å²) in [6, 6.07) is 10.4. The van der Waals surface area contributed by atoms with E-state index in [1.54, 1.807) is 12.3 Å². The Morgan fingerprint density at radius 2 is 2.07 bits per heavy atom. The van der Waals surface area contributed by atoms with Crippen molar-refractivity contribution in [2.24, 2.45) is 16.5 Å². The lowest BCUT2D eigenvalue weighted by atomic mass is 10.1. The molecule has 3 rings (SSSR count). The lowest BCUT2D eigenvalue weighted by Crippen LogP contribution is -2.23. The minimum absolute atomic E-state index is 0.0151. The van der Waals surface area contributed by atoms with E-state index in [4.69, 9.17) is 16.5 Å². The van der Waals surface area contributed by atoms with Crippen molar-refractivity contribution >= 4 is 17.7 Å². The second-order valence-electron chi connectivity index (χ2n) is 6.62. The second kappa shape index (κ2) is 8.88. The minimum atomic E-state index is -0.268. The van der Waals surface area contributed by atoms with Gasteiger partial charge in [-0.1, -0.05) is 37.7 Å². The average molecular weight is 399 g/mol. The number of nitrogens with zero attached hydrogens (tertiary/aromatic N) is 4. The number of rotatable bonds is 7. The summed E-state index contributed by atoms with van der Waals surface area (Å²) in [6.07, 6.45) is 3.55. The molecule has 28 heavy (non-hydrogen) atoms. The maximum Gasteiger partial charge on any atom is 0.186 e. The van der Waals surface area contributed by atoms with Crippen LogP contribution in [0.5, 0.6) is 0 Å². The number of pyridine rings is 1. The van der Waals surface area contributed by atoms with Gasteiger partial charge in [0.1, 0.15) is 23.2 Å². The lowest BCUT2D eigenvalue weighted by Gasteiger charge is -2.13. The third-order valence-corrected chi connectivity index (χ3v) is 5.16. The number of halogens is 1. The van der Waals surface area contributed by atoms with E-state index in [9.17, 15) is 4.39 Å². The third kappa shape index (κ3) is 4.89. The van der Waals surface area contributed by atoms with Crippen molar-refractivity contribution in [2.75, 3.05) is 0 Å². The van der Waals surface area contributed by atoms with Crippen LogP contribution in [0.2, 0.25) is 0 Å². The molecule has 4 N–H and O–H groups in total. The van der Waals surface area contributed by atoms with Crippen LogP contribution in [0, 0.1) is 5.82 Å². The molecule has 0 radical (unpaired) electrons. The summed E-state index contributed by atoms with van der Waals surface area (Å²) in [5, 5.41) is 0.949. The number of imidazole rings is 1. The summed E-state index contributed by atoms with van der Waals surface area (Å²) in [6.45, 7) is 5.00. The molecule has 0 spiro atoms. The van der Waals surface area contributed by atoms with Gasteiger partial charge in [0.05, 0.1) is 12.2 Å². The van der Waals surface area contributed by atoms with Gasteiger partial charge in [-0.25, -0.2) is 14.4 Å². The molecule has 1 aromatic carbocycles. The van der Waals surface area contributed by atoms with E-state index >= 15 is 0 Å². The zero-order valence-corrected chi connectivity index (χ0v) is 16.7. The first-order chi connectivity index (χ1) is 13.4. The van der Waals surface area contributed by atoms with Crippen molar-refractivity contribution in [3.05, 3.63) is 71.7 Å². The van der Waals surface area contributed by atoms with E-state index in [-0.39, 0.29) is 24.2 Å². The first-order valence-corrected chi connectivity index (χ1v) is 9.72. The Morgan fingerprint density at radius 3 is 2.71 bits per heavy atom. The summed E-state index contributed by atoms with van der Waals surface area (Å²) in [5.41, 5.74) is 13.0. The molecular weight excluding hydrogens is 375 g/mol. The molecule has 6 nitrogen and oxygen atoms in total. The smallest absolute Gasteiger partial charge is 0.186 e. The predicted octanol–water partition coefficient (Wildman–Crippen LogP) is 3.51. The largest absolute Gasteiger partial charge is 0.370 e. The third-order valence-electron chi connectivity index (χ3n) is 4.05. The van der Waals surface area contributed by atoms with Crippen LogP contribution in [-0.2, 0) is 13.1 Å². The number of aromatic nitrogens is 3. The Balaban J connectivity index is 2.08. The number of benzene rings is 1. The van der Waals surface area contributed by atoms with Crippen LogP contribution in [-0.4, -0.2) is 20.5 Å². The Labute approximate surface area is 167 Å². The topological polar surface area (TPSA) is 95.1 Å². The van der Waals surface area contributed by atoms with Crippen LogP contribution >= 0.6 is 11.8 Å². The molecule has 0 fully saturated rings. The molecule has 0 amide bonds. The first-order valence-electron chi connectivity index (χ1n) is 8.91. The van der Waals surface area contributed by atoms with Gasteiger partial charge < -0.3 is 16.0 Å². The molecule has 0 unspecified atom stereocenters. The molecule has 3 aromatic rings. The molecule has 0 aliphatic carbocycles. The van der Waals surface area contributed by atoms with Crippen molar-refractivity contribution in [1.82, 2.24) is 14.5 Å².